The van der Waals surface area contributed by atoms with Crippen molar-refractivity contribution in [3.8, 4) is 0 Å². The molecule has 14 heavy (non-hydrogen) atoms. The Hall–Kier alpha value is -0.123. The molecule has 0 rings (SSSR count). The van der Waals surface area contributed by atoms with Gasteiger partial charge in [-0.15, -0.1) is 0 Å². The predicted molar refractivity (Wildman–Crippen MR) is 68.9 cm³/mol. The molecule has 0 heterocycles. The number of nitrogens with zero attached hydrogens (tertiary/aromatic N) is 2. The molecule has 2 nitrogen and oxygen atoms in total. The second-order valence-corrected chi connectivity index (χ2v) is 5.03. The zero-order valence-corrected chi connectivity index (χ0v) is 12.7. The molecule has 0 aliphatic rings. The minimum Gasteiger partial charge on any atom is -0.291 e. The average Bonchev–Trinajstić information content (AvgIpc) is 2.11. The summed E-state index contributed by atoms with van der Waals surface area (Å²) < 4.78 is 0. The number of hydrogen-bond donors (Lipinski definition) is 0. The van der Waals surface area contributed by atoms with Gasteiger partial charge in [-0.2, -0.15) is 0 Å². The molecule has 0 fully saturated rings. The highest BCUT2D eigenvalue weighted by Gasteiger charge is 2.31. The maximum absolute atomic E-state index is 2.33. The first-order valence-corrected chi connectivity index (χ1v) is 6.92. The van der Waals surface area contributed by atoms with Gasteiger partial charge >= 0.3 is 0 Å². The van der Waals surface area contributed by atoms with Crippen LogP contribution in [-0.4, -0.2) is 53.9 Å². The van der Waals surface area contributed by atoms with Crippen LogP contribution in [0.2, 0.25) is 6.04 Å². The third kappa shape index (κ3) is 3.22. The molecule has 0 aromatic carbocycles. The van der Waals surface area contributed by atoms with E-state index in [1.165, 1.54) is 16.3 Å². The molecule has 0 radical (unpaired) electrons. The van der Waals surface area contributed by atoms with Gasteiger partial charge in [0.05, 0.1) is 5.66 Å². The first-order chi connectivity index (χ1) is 6.51. The summed E-state index contributed by atoms with van der Waals surface area (Å²) in [5, 5.41) is 0. The fourth-order valence-electron chi connectivity index (χ4n) is 1.98. The molecular formula is C11H26N2Si. The third-order valence-electron chi connectivity index (χ3n) is 3.08. The van der Waals surface area contributed by atoms with Crippen LogP contribution in [0.15, 0.2) is 12.2 Å². The van der Waals surface area contributed by atoms with Crippen molar-refractivity contribution >= 4 is 10.2 Å². The molecule has 84 valence electrons. The van der Waals surface area contributed by atoms with Gasteiger partial charge in [-0.05, 0) is 47.1 Å². The quantitative estimate of drug-likeness (QED) is 0.369. The van der Waals surface area contributed by atoms with Crippen LogP contribution in [0, 0.1) is 0 Å². The van der Waals surface area contributed by atoms with Gasteiger partial charge in [0, 0.05) is 10.2 Å². The van der Waals surface area contributed by atoms with E-state index in [2.05, 4.69) is 57.1 Å². The molecule has 0 atom stereocenters. The molecule has 3 heteroatoms. The molecule has 0 bridgehead atoms. The van der Waals surface area contributed by atoms with Crippen LogP contribution >= 0.6 is 0 Å². The highest BCUT2D eigenvalue weighted by molar-refractivity contribution is 6.09. The molecule has 0 saturated carbocycles. The lowest BCUT2D eigenvalue weighted by Gasteiger charge is -2.44. The van der Waals surface area contributed by atoms with Crippen LogP contribution in [0.1, 0.15) is 19.8 Å². The summed E-state index contributed by atoms with van der Waals surface area (Å²) in [7, 11) is 9.93. The van der Waals surface area contributed by atoms with E-state index in [1.54, 1.807) is 0 Å². The Morgan fingerprint density at radius 3 is 1.86 bits per heavy atom. The first kappa shape index (κ1) is 13.9. The van der Waals surface area contributed by atoms with E-state index in [4.69, 9.17) is 0 Å². The van der Waals surface area contributed by atoms with Crippen LogP contribution < -0.4 is 0 Å². The van der Waals surface area contributed by atoms with E-state index < -0.39 is 0 Å². The van der Waals surface area contributed by atoms with Gasteiger partial charge in [0.1, 0.15) is 0 Å². The number of hydrogen-bond acceptors (Lipinski definition) is 2. The van der Waals surface area contributed by atoms with Crippen molar-refractivity contribution in [2.75, 3.05) is 28.2 Å². The Morgan fingerprint density at radius 2 is 1.57 bits per heavy atom. The van der Waals surface area contributed by atoms with Crippen molar-refractivity contribution in [3.63, 3.8) is 0 Å². The van der Waals surface area contributed by atoms with Crippen molar-refractivity contribution in [3.05, 3.63) is 12.2 Å². The Labute approximate surface area is 92.4 Å². The normalized spacial score (nSPS) is 13.6. The zero-order valence-electron chi connectivity index (χ0n) is 10.7. The van der Waals surface area contributed by atoms with E-state index in [9.17, 15) is 0 Å². The minimum absolute atomic E-state index is 0.188. The van der Waals surface area contributed by atoms with Gasteiger partial charge in [-0.3, -0.25) is 9.80 Å². The monoisotopic (exact) mass is 214 g/mol. The van der Waals surface area contributed by atoms with Crippen molar-refractivity contribution in [2.24, 2.45) is 0 Å². The molecular weight excluding hydrogens is 188 g/mol. The summed E-state index contributed by atoms with van der Waals surface area (Å²) >= 11 is 0. The summed E-state index contributed by atoms with van der Waals surface area (Å²) in [4.78, 5) is 4.65. The largest absolute Gasteiger partial charge is 0.291 e. The Morgan fingerprint density at radius 1 is 1.07 bits per heavy atom. The van der Waals surface area contributed by atoms with E-state index in [-0.39, 0.29) is 5.66 Å². The Bertz CT molecular complexity index is 168. The van der Waals surface area contributed by atoms with Gasteiger partial charge in [0.25, 0.3) is 0 Å². The summed E-state index contributed by atoms with van der Waals surface area (Å²) in [5.41, 5.74) is 0.188. The molecule has 0 amide bonds. The summed E-state index contributed by atoms with van der Waals surface area (Å²) in [6.07, 6.45) is 6.91. The second kappa shape index (κ2) is 6.38. The fraction of sp³-hybridized carbons (Fsp3) is 0.818. The van der Waals surface area contributed by atoms with E-state index in [0.29, 0.717) is 0 Å². The van der Waals surface area contributed by atoms with Gasteiger partial charge in [0.15, 0.2) is 0 Å². The van der Waals surface area contributed by atoms with Crippen molar-refractivity contribution in [2.45, 2.75) is 31.5 Å². The SMILES string of the molecule is CCC(C/C=C/C[SiH3])(N(C)C)N(C)C. The highest BCUT2D eigenvalue weighted by Crippen LogP contribution is 2.24. The average molecular weight is 214 g/mol. The molecule has 0 spiro atoms. The fourth-order valence-corrected chi connectivity index (χ4v) is 2.31. The van der Waals surface area contributed by atoms with Gasteiger partial charge in [-0.25, -0.2) is 0 Å². The van der Waals surface area contributed by atoms with Crippen molar-refractivity contribution < 1.29 is 0 Å². The third-order valence-corrected chi connectivity index (χ3v) is 3.55. The van der Waals surface area contributed by atoms with Crippen LogP contribution in [0.3, 0.4) is 0 Å². The first-order valence-electron chi connectivity index (χ1n) is 5.51. The molecule has 0 saturated heterocycles. The maximum Gasteiger partial charge on any atom is 0.0760 e. The van der Waals surface area contributed by atoms with Gasteiger partial charge in [0.2, 0.25) is 0 Å². The van der Waals surface area contributed by atoms with Crippen LogP contribution in [0.4, 0.5) is 0 Å². The lowest BCUT2D eigenvalue weighted by molar-refractivity contribution is 0.00252. The Balaban J connectivity index is 4.59. The highest BCUT2D eigenvalue weighted by atomic mass is 28.1. The second-order valence-electron chi connectivity index (χ2n) is 4.21. The van der Waals surface area contributed by atoms with E-state index in [1.807, 2.05) is 0 Å². The summed E-state index contributed by atoms with van der Waals surface area (Å²) in [6, 6.07) is 1.26. The number of allylic oxidation sites excluding steroid dienone is 1. The maximum atomic E-state index is 2.33. The van der Waals surface area contributed by atoms with Gasteiger partial charge < -0.3 is 0 Å². The van der Waals surface area contributed by atoms with Gasteiger partial charge in [-0.1, -0.05) is 19.1 Å². The lowest BCUT2D eigenvalue weighted by atomic mass is 9.99. The van der Waals surface area contributed by atoms with Crippen LogP contribution in [-0.2, 0) is 0 Å². The minimum atomic E-state index is 0.188. The van der Waals surface area contributed by atoms with Crippen molar-refractivity contribution in [1.82, 2.24) is 9.80 Å². The smallest absolute Gasteiger partial charge is 0.0760 e. The zero-order chi connectivity index (χ0) is 11.2. The number of rotatable bonds is 6. The van der Waals surface area contributed by atoms with E-state index in [0.717, 1.165) is 12.8 Å². The van der Waals surface area contributed by atoms with Crippen LogP contribution in [0.5, 0.6) is 0 Å². The van der Waals surface area contributed by atoms with Crippen LogP contribution in [0.25, 0.3) is 0 Å². The summed E-state index contributed by atoms with van der Waals surface area (Å²) in [6.45, 7) is 2.26. The standard InChI is InChI=1S/C11H26N2Si/c1-6-11(12(2)3,13(4)5)9-7-8-10-14/h7-8H,6,9-10H2,1-5,14H3/b8-7+. The topological polar surface area (TPSA) is 6.48 Å². The van der Waals surface area contributed by atoms with E-state index >= 15 is 0 Å². The lowest BCUT2D eigenvalue weighted by Crippen LogP contribution is -2.54. The molecule has 0 aliphatic carbocycles. The molecule has 0 aromatic rings. The molecule has 0 aliphatic heterocycles. The predicted octanol–water partition coefficient (Wildman–Crippen LogP) is 0.946. The van der Waals surface area contributed by atoms with Crippen molar-refractivity contribution in [1.29, 1.82) is 0 Å². The Kier molecular flexibility index (Phi) is 6.32. The molecule has 0 aromatic heterocycles. The molecule has 0 unspecified atom stereocenters. The summed E-state index contributed by atoms with van der Waals surface area (Å²) in [5.74, 6) is 0. The molecule has 0 N–H and O–H groups in total.